The van der Waals surface area contributed by atoms with Gasteiger partial charge < -0.3 is 0 Å². The van der Waals surface area contributed by atoms with Crippen molar-refractivity contribution in [1.29, 1.82) is 0 Å². The van der Waals surface area contributed by atoms with Gasteiger partial charge in [-0.3, -0.25) is 9.59 Å². The Labute approximate surface area is 76.0 Å². The van der Waals surface area contributed by atoms with Crippen LogP contribution in [-0.2, 0) is 9.59 Å². The van der Waals surface area contributed by atoms with Gasteiger partial charge in [-0.25, -0.2) is 12.5 Å². The van der Waals surface area contributed by atoms with E-state index in [4.69, 9.17) is 23.2 Å². The van der Waals surface area contributed by atoms with Crippen LogP contribution in [0.5, 0.6) is 0 Å². The molecule has 2 nitrogen and oxygen atoms in total. The van der Waals surface area contributed by atoms with Crippen LogP contribution >= 0.6 is 35.7 Å². The smallest absolute Gasteiger partial charge is 0.222 e. The Morgan fingerprint density at radius 3 is 1.40 bits per heavy atom. The molecule has 0 aromatic heterocycles. The minimum Gasteiger partial charge on any atom is -0.281 e. The summed E-state index contributed by atoms with van der Waals surface area (Å²) < 4.78 is 0. The van der Waals surface area contributed by atoms with Crippen molar-refractivity contribution in [1.82, 2.24) is 0 Å². The molecule has 0 aromatic rings. The van der Waals surface area contributed by atoms with Crippen LogP contribution in [0.4, 0.5) is 0 Å². The topological polar surface area (TPSA) is 34.1 Å². The Morgan fingerprint density at radius 1 is 1.10 bits per heavy atom. The molecule has 0 aromatic carbocycles. The van der Waals surface area contributed by atoms with Crippen molar-refractivity contribution in [3.05, 3.63) is 0 Å². The van der Waals surface area contributed by atoms with Gasteiger partial charge in [0.05, 0.1) is 0 Å². The average Bonchev–Trinajstić information content (AvgIpc) is 1.89. The first-order chi connectivity index (χ1) is 4.63. The maximum absolute atomic E-state index is 9.90. The van der Waals surface area contributed by atoms with E-state index in [9.17, 15) is 9.59 Å². The van der Waals surface area contributed by atoms with E-state index in [1.54, 1.807) is 0 Å². The molecule has 0 saturated carbocycles. The largest absolute Gasteiger partial charge is 0.281 e. The molecule has 0 rings (SSSR count). The van der Waals surface area contributed by atoms with Crippen molar-refractivity contribution in [2.24, 2.45) is 0 Å². The van der Waals surface area contributed by atoms with Crippen LogP contribution in [0.15, 0.2) is 0 Å². The van der Waals surface area contributed by atoms with Gasteiger partial charge >= 0.3 is 0 Å². The van der Waals surface area contributed by atoms with Gasteiger partial charge in [0.1, 0.15) is 0 Å². The predicted octanol–water partition coefficient (Wildman–Crippen LogP) is 1.03. The highest BCUT2D eigenvalue weighted by Crippen LogP contribution is 1.97. The monoisotopic (exact) mass is 199 g/mol. The van der Waals surface area contributed by atoms with E-state index in [1.165, 1.54) is 0 Å². The third kappa shape index (κ3) is 15.8. The molecule has 0 aliphatic carbocycles. The van der Waals surface area contributed by atoms with E-state index in [1.807, 2.05) is 0 Å². The summed E-state index contributed by atoms with van der Waals surface area (Å²) in [6.07, 6.45) is 0.0633. The fourth-order valence-electron chi connectivity index (χ4n) is 0.197. The van der Waals surface area contributed by atoms with E-state index in [2.05, 4.69) is 19.6 Å². The number of halogens is 2. The normalized spacial score (nSPS) is 7.50. The summed E-state index contributed by atoms with van der Waals surface area (Å²) in [6.45, 7) is 0. The van der Waals surface area contributed by atoms with Gasteiger partial charge in [0, 0.05) is 12.8 Å². The maximum Gasteiger partial charge on any atom is 0.222 e. The summed E-state index contributed by atoms with van der Waals surface area (Å²) >= 11 is 13.0. The van der Waals surface area contributed by atoms with Crippen molar-refractivity contribution >= 4 is 53.3 Å². The van der Waals surface area contributed by atoms with Crippen LogP contribution in [0.2, 0.25) is 0 Å². The van der Waals surface area contributed by atoms with Gasteiger partial charge in [-0.1, -0.05) is 0 Å². The zero-order chi connectivity index (χ0) is 8.57. The lowest BCUT2D eigenvalue weighted by Gasteiger charge is -1.83. The number of thiol groups is 1. The highest BCUT2D eigenvalue weighted by atomic mass is 35.5. The highest BCUT2D eigenvalue weighted by Gasteiger charge is 1.99. The molecule has 1 radical (unpaired) electrons. The standard InChI is InChI=1S/C4H4Cl2O2.BH2S/c5-3(7)1-2-4(6)8;1-2/h1-2H2;1-2H. The molecular weight excluding hydrogens is 194 g/mol. The predicted molar refractivity (Wildman–Crippen MR) is 47.1 cm³/mol. The lowest BCUT2D eigenvalue weighted by Crippen LogP contribution is -1.90. The fraction of sp³-hybridized carbons (Fsp3) is 0.500. The van der Waals surface area contributed by atoms with Crippen molar-refractivity contribution < 1.29 is 9.59 Å². The molecule has 6 heteroatoms. The number of rotatable bonds is 3. The van der Waals surface area contributed by atoms with Crippen LogP contribution in [0.1, 0.15) is 12.8 Å². The summed E-state index contributed by atoms with van der Waals surface area (Å²) in [5, 5.41) is -1.06. The Bertz CT molecular complexity index is 106. The van der Waals surface area contributed by atoms with E-state index in [0.717, 1.165) is 0 Å². The van der Waals surface area contributed by atoms with E-state index >= 15 is 0 Å². The van der Waals surface area contributed by atoms with Gasteiger partial charge in [0.15, 0.2) is 7.12 Å². The molecule has 57 valence electrons. The van der Waals surface area contributed by atoms with E-state index < -0.39 is 10.5 Å². The molecular formula is C4H6BCl2O2S. The molecule has 0 aliphatic rings. The van der Waals surface area contributed by atoms with E-state index in [-0.39, 0.29) is 12.8 Å². The molecule has 0 aliphatic heterocycles. The molecule has 0 spiro atoms. The molecule has 0 N–H and O–H groups in total. The Kier molecular flexibility index (Phi) is 12.1. The summed E-state index contributed by atoms with van der Waals surface area (Å²) in [5.41, 5.74) is 0. The zero-order valence-electron chi connectivity index (χ0n) is 5.14. The average molecular weight is 200 g/mol. The lowest BCUT2D eigenvalue weighted by atomic mass is 10.4. The second-order valence-corrected chi connectivity index (χ2v) is 2.05. The summed E-state index contributed by atoms with van der Waals surface area (Å²) in [6, 6.07) is 0. The van der Waals surface area contributed by atoms with Crippen molar-refractivity contribution in [3.8, 4) is 0 Å². The Hall–Kier alpha value is 0.335. The molecule has 0 atom stereocenters. The fourth-order valence-corrected chi connectivity index (χ4v) is 0.386. The molecule has 10 heavy (non-hydrogen) atoms. The second kappa shape index (κ2) is 9.33. The van der Waals surface area contributed by atoms with Crippen LogP contribution in [0, 0.1) is 0 Å². The highest BCUT2D eigenvalue weighted by molar-refractivity contribution is 8.03. The quantitative estimate of drug-likeness (QED) is 0.419. The molecule has 0 saturated heterocycles. The first kappa shape index (κ1) is 13.0. The summed E-state index contributed by atoms with van der Waals surface area (Å²) in [5.74, 6) is 0. The second-order valence-electron chi connectivity index (χ2n) is 1.21. The lowest BCUT2D eigenvalue weighted by molar-refractivity contribution is -0.116. The molecule has 0 amide bonds. The van der Waals surface area contributed by atoms with Gasteiger partial charge in [-0.05, 0) is 23.2 Å². The minimum absolute atomic E-state index is 0.0316. The van der Waals surface area contributed by atoms with E-state index in [0.29, 0.717) is 0 Å². The van der Waals surface area contributed by atoms with Gasteiger partial charge in [0.25, 0.3) is 0 Å². The molecule has 0 bridgehead atoms. The molecule has 0 unspecified atom stereocenters. The first-order valence-corrected chi connectivity index (χ1v) is 3.70. The zero-order valence-corrected chi connectivity index (χ0v) is 7.55. The number of hydrogen-bond acceptors (Lipinski definition) is 3. The Morgan fingerprint density at radius 2 is 1.30 bits per heavy atom. The van der Waals surface area contributed by atoms with Crippen LogP contribution in [-0.4, -0.2) is 17.6 Å². The maximum atomic E-state index is 9.90. The SMILES string of the molecule is O=C(Cl)CCC(=O)Cl.[BH]S. The van der Waals surface area contributed by atoms with Gasteiger partial charge in [-0.15, -0.1) is 0 Å². The summed E-state index contributed by atoms with van der Waals surface area (Å²) in [7, 11) is 2.94. The number of carbonyl (C=O) groups excluding carboxylic acids is 2. The first-order valence-electron chi connectivity index (χ1n) is 2.31. The molecule has 0 fully saturated rings. The van der Waals surface area contributed by atoms with Crippen LogP contribution in [0.3, 0.4) is 0 Å². The Balaban J connectivity index is 0. The summed E-state index contributed by atoms with van der Waals surface area (Å²) in [4.78, 5) is 19.8. The number of hydrogen-bond donors (Lipinski definition) is 1. The van der Waals surface area contributed by atoms with Crippen LogP contribution < -0.4 is 0 Å². The van der Waals surface area contributed by atoms with Gasteiger partial charge in [-0.2, -0.15) is 0 Å². The number of carbonyl (C=O) groups is 2. The van der Waals surface area contributed by atoms with Crippen molar-refractivity contribution in [3.63, 3.8) is 0 Å². The van der Waals surface area contributed by atoms with Crippen LogP contribution in [0.25, 0.3) is 0 Å². The van der Waals surface area contributed by atoms with Gasteiger partial charge in [0.2, 0.25) is 10.5 Å². The molecule has 0 heterocycles. The van der Waals surface area contributed by atoms with Crippen molar-refractivity contribution in [2.75, 3.05) is 0 Å². The van der Waals surface area contributed by atoms with Crippen molar-refractivity contribution in [2.45, 2.75) is 12.8 Å². The third-order valence-electron chi connectivity index (χ3n) is 0.518. The third-order valence-corrected chi connectivity index (χ3v) is 0.896. The minimum atomic E-state index is -0.529.